The van der Waals surface area contributed by atoms with Gasteiger partial charge in [0.25, 0.3) is 4.73 Å². The third-order valence-corrected chi connectivity index (χ3v) is 3.48. The van der Waals surface area contributed by atoms with E-state index in [0.717, 1.165) is 5.56 Å². The van der Waals surface area contributed by atoms with E-state index in [1.54, 1.807) is 6.20 Å². The average Bonchev–Trinajstić information content (AvgIpc) is 2.65. The lowest BCUT2D eigenvalue weighted by molar-refractivity contribution is -0.394. The molecule has 9 heteroatoms. The molecule has 0 amide bonds. The van der Waals surface area contributed by atoms with Gasteiger partial charge in [-0.3, -0.25) is 0 Å². The number of nitro groups is 1. The van der Waals surface area contributed by atoms with Crippen molar-refractivity contribution in [1.29, 1.82) is 0 Å². The highest BCUT2D eigenvalue weighted by molar-refractivity contribution is 9.11. The molecule has 0 spiro atoms. The number of aromatic nitrogens is 4. The summed E-state index contributed by atoms with van der Waals surface area (Å²) in [6.45, 7) is 1.88. The highest BCUT2D eigenvalue weighted by Crippen LogP contribution is 2.25. The normalized spacial score (nSPS) is 10.5. The van der Waals surface area contributed by atoms with E-state index < -0.39 is 10.9 Å². The minimum Gasteiger partial charge on any atom is -0.390 e. The maximum atomic E-state index is 10.6. The van der Waals surface area contributed by atoms with Crippen molar-refractivity contribution in [3.63, 3.8) is 0 Å². The fraction of sp³-hybridized carbons (Fsp3) is 0.125. The van der Waals surface area contributed by atoms with Crippen LogP contribution in [0.2, 0.25) is 0 Å². The number of hydrogen-bond acceptors (Lipinski definition) is 5. The van der Waals surface area contributed by atoms with E-state index in [1.165, 1.54) is 4.68 Å². The fourth-order valence-corrected chi connectivity index (χ4v) is 1.98. The topological polar surface area (TPSA) is 86.7 Å². The van der Waals surface area contributed by atoms with Gasteiger partial charge in [0.2, 0.25) is 0 Å². The predicted molar refractivity (Wildman–Crippen MR) is 65.9 cm³/mol. The third kappa shape index (κ3) is 2.20. The molecular weight excluding hydrogens is 358 g/mol. The number of aryl methyl sites for hydroxylation is 1. The van der Waals surface area contributed by atoms with Gasteiger partial charge in [-0.15, -0.1) is 4.68 Å². The van der Waals surface area contributed by atoms with Crippen molar-refractivity contribution in [3.05, 3.63) is 37.1 Å². The van der Waals surface area contributed by atoms with Gasteiger partial charge >= 0.3 is 5.95 Å². The molecule has 0 aliphatic carbocycles. The van der Waals surface area contributed by atoms with Gasteiger partial charge < -0.3 is 10.1 Å². The van der Waals surface area contributed by atoms with Gasteiger partial charge in [-0.05, 0) is 44.4 Å². The van der Waals surface area contributed by atoms with Crippen LogP contribution in [0.5, 0.6) is 0 Å². The van der Waals surface area contributed by atoms with Crippen LogP contribution in [-0.4, -0.2) is 24.7 Å². The van der Waals surface area contributed by atoms with Crippen LogP contribution in [0, 0.1) is 17.0 Å². The lowest BCUT2D eigenvalue weighted by Crippen LogP contribution is -2.02. The quantitative estimate of drug-likeness (QED) is 0.604. The lowest BCUT2D eigenvalue weighted by atomic mass is 10.3. The van der Waals surface area contributed by atoms with Gasteiger partial charge in [-0.2, -0.15) is 0 Å². The van der Waals surface area contributed by atoms with Crippen LogP contribution >= 0.6 is 31.9 Å². The van der Waals surface area contributed by atoms with Gasteiger partial charge in [0, 0.05) is 27.2 Å². The molecule has 0 saturated carbocycles. The molecule has 0 unspecified atom stereocenters. The van der Waals surface area contributed by atoms with Crippen molar-refractivity contribution in [2.24, 2.45) is 0 Å². The van der Waals surface area contributed by atoms with Gasteiger partial charge in [0.05, 0.1) is 4.47 Å². The Morgan fingerprint density at radius 1 is 1.47 bits per heavy atom. The van der Waals surface area contributed by atoms with Crippen LogP contribution in [0.1, 0.15) is 5.56 Å². The highest BCUT2D eigenvalue weighted by atomic mass is 79.9. The Kier molecular flexibility index (Phi) is 3.20. The summed E-state index contributed by atoms with van der Waals surface area (Å²) < 4.78 is 2.19. The van der Waals surface area contributed by atoms with Gasteiger partial charge in [0.1, 0.15) is 0 Å². The second-order valence-electron chi connectivity index (χ2n) is 3.12. The molecule has 2 aromatic heterocycles. The molecule has 0 aromatic carbocycles. The highest BCUT2D eigenvalue weighted by Gasteiger charge is 2.23. The Labute approximate surface area is 112 Å². The number of halogens is 2. The zero-order chi connectivity index (χ0) is 12.6. The van der Waals surface area contributed by atoms with Gasteiger partial charge in [-0.25, -0.2) is 4.98 Å². The van der Waals surface area contributed by atoms with E-state index in [-0.39, 0.29) is 4.73 Å². The molecule has 17 heavy (non-hydrogen) atoms. The maximum absolute atomic E-state index is 10.6. The first kappa shape index (κ1) is 12.1. The largest absolute Gasteiger partial charge is 0.492 e. The van der Waals surface area contributed by atoms with Crippen LogP contribution in [-0.2, 0) is 0 Å². The van der Waals surface area contributed by atoms with E-state index in [1.807, 2.05) is 13.0 Å². The predicted octanol–water partition coefficient (Wildman–Crippen LogP) is 2.40. The van der Waals surface area contributed by atoms with Gasteiger partial charge in [-0.1, -0.05) is 0 Å². The first-order chi connectivity index (χ1) is 8.00. The van der Waals surface area contributed by atoms with Crippen molar-refractivity contribution in [2.45, 2.75) is 6.92 Å². The summed E-state index contributed by atoms with van der Waals surface area (Å²) in [5, 5.41) is 14.3. The van der Waals surface area contributed by atoms with E-state index in [4.69, 9.17) is 0 Å². The van der Waals surface area contributed by atoms with Crippen molar-refractivity contribution < 1.29 is 4.92 Å². The number of pyridine rings is 1. The Morgan fingerprint density at radius 3 is 2.76 bits per heavy atom. The van der Waals surface area contributed by atoms with E-state index in [0.29, 0.717) is 10.3 Å². The van der Waals surface area contributed by atoms with E-state index in [2.05, 4.69) is 46.9 Å². The third-order valence-electron chi connectivity index (χ3n) is 1.98. The van der Waals surface area contributed by atoms with Crippen molar-refractivity contribution >= 4 is 37.8 Å². The minimum atomic E-state index is -0.662. The fourth-order valence-electron chi connectivity index (χ4n) is 1.17. The summed E-state index contributed by atoms with van der Waals surface area (Å²) in [5.74, 6) is -0.0374. The molecule has 7 nitrogen and oxygen atoms in total. The second-order valence-corrected chi connectivity index (χ2v) is 4.62. The zero-order valence-electron chi connectivity index (χ0n) is 8.46. The smallest absolute Gasteiger partial charge is 0.390 e. The van der Waals surface area contributed by atoms with Crippen LogP contribution in [0.15, 0.2) is 21.5 Å². The maximum Gasteiger partial charge on any atom is 0.492 e. The molecule has 0 aliphatic rings. The minimum absolute atomic E-state index is 0.225. The first-order valence-corrected chi connectivity index (χ1v) is 5.97. The Balaban J connectivity index is 2.60. The molecule has 2 heterocycles. The van der Waals surface area contributed by atoms with Crippen LogP contribution in [0.25, 0.3) is 5.82 Å². The zero-order valence-corrected chi connectivity index (χ0v) is 11.6. The molecule has 88 valence electrons. The first-order valence-electron chi connectivity index (χ1n) is 4.39. The van der Waals surface area contributed by atoms with Crippen molar-refractivity contribution in [3.8, 4) is 5.82 Å². The number of rotatable bonds is 2. The molecule has 2 aromatic rings. The molecule has 0 atom stereocenters. The summed E-state index contributed by atoms with van der Waals surface area (Å²) >= 11 is 6.46. The van der Waals surface area contributed by atoms with Crippen LogP contribution in [0.4, 0.5) is 5.95 Å². The second kappa shape index (κ2) is 4.49. The summed E-state index contributed by atoms with van der Waals surface area (Å²) in [4.78, 5) is 17.7. The summed E-state index contributed by atoms with van der Waals surface area (Å²) in [6.07, 6.45) is 1.59. The Bertz CT molecular complexity index is 598. The SMILES string of the molecule is Cc1ccnc(-n2nc([N+](=O)[O-])nc2Br)c1Br. The van der Waals surface area contributed by atoms with Crippen molar-refractivity contribution in [2.75, 3.05) is 0 Å². The lowest BCUT2D eigenvalue weighted by Gasteiger charge is -2.02. The molecule has 0 fully saturated rings. The number of hydrogen-bond donors (Lipinski definition) is 0. The molecule has 0 N–H and O–H groups in total. The van der Waals surface area contributed by atoms with Crippen LogP contribution < -0.4 is 0 Å². The van der Waals surface area contributed by atoms with Gasteiger partial charge in [0.15, 0.2) is 5.82 Å². The average molecular weight is 363 g/mol. The molecular formula is C8H5Br2N5O2. The molecule has 0 bridgehead atoms. The monoisotopic (exact) mass is 361 g/mol. The molecule has 0 aliphatic heterocycles. The summed E-state index contributed by atoms with van der Waals surface area (Å²) in [7, 11) is 0. The summed E-state index contributed by atoms with van der Waals surface area (Å²) in [5.41, 5.74) is 0.944. The van der Waals surface area contributed by atoms with Crippen LogP contribution in [0.3, 0.4) is 0 Å². The standard InChI is InChI=1S/C8H5Br2N5O2/c1-4-2-3-11-6(5(4)9)14-7(10)12-8(13-14)15(16)17/h2-3H,1H3. The van der Waals surface area contributed by atoms with E-state index >= 15 is 0 Å². The summed E-state index contributed by atoms with van der Waals surface area (Å²) in [6, 6.07) is 1.81. The van der Waals surface area contributed by atoms with E-state index in [9.17, 15) is 10.1 Å². The molecule has 0 radical (unpaired) electrons. The molecule has 0 saturated heterocycles. The van der Waals surface area contributed by atoms with Crippen molar-refractivity contribution in [1.82, 2.24) is 19.7 Å². The Morgan fingerprint density at radius 2 is 2.18 bits per heavy atom. The molecule has 2 rings (SSSR count). The Hall–Kier alpha value is -1.35. The number of nitrogens with zero attached hydrogens (tertiary/aromatic N) is 5.